The van der Waals surface area contributed by atoms with Crippen molar-refractivity contribution in [2.45, 2.75) is 44.0 Å². The molecular weight excluding hydrogens is 388 g/mol. The minimum Gasteiger partial charge on any atom is -0.454 e. The Morgan fingerprint density at radius 3 is 2.60 bits per heavy atom. The van der Waals surface area contributed by atoms with E-state index in [0.29, 0.717) is 0 Å². The van der Waals surface area contributed by atoms with Gasteiger partial charge in [-0.05, 0) is 25.5 Å². The van der Waals surface area contributed by atoms with E-state index in [1.54, 1.807) is 0 Å². The second-order valence-corrected chi connectivity index (χ2v) is 7.20. The lowest BCUT2D eigenvalue weighted by atomic mass is 10.1. The summed E-state index contributed by atoms with van der Waals surface area (Å²) in [6, 6.07) is 3.96. The first kappa shape index (κ1) is 16.1. The summed E-state index contributed by atoms with van der Waals surface area (Å²) in [5, 5.41) is 0. The molecule has 0 spiro atoms. The first-order valence-electron chi connectivity index (χ1n) is 6.98. The topological polar surface area (TPSA) is 27.7 Å². The van der Waals surface area contributed by atoms with Crippen molar-refractivity contribution >= 4 is 31.9 Å². The first-order valence-corrected chi connectivity index (χ1v) is 8.69. The van der Waals surface area contributed by atoms with Crippen LogP contribution in [0.4, 0.5) is 0 Å². The predicted octanol–water partition coefficient (Wildman–Crippen LogP) is 5.21. The van der Waals surface area contributed by atoms with Crippen molar-refractivity contribution in [1.29, 1.82) is 0 Å². The van der Waals surface area contributed by atoms with E-state index in [1.807, 2.05) is 12.1 Å². The second-order valence-electron chi connectivity index (χ2n) is 4.90. The number of fused-ring (bicyclic) bond motifs is 1. The maximum absolute atomic E-state index is 6.06. The monoisotopic (exact) mass is 406 g/mol. The number of hydrogen-bond donors (Lipinski definition) is 0. The van der Waals surface area contributed by atoms with Crippen LogP contribution in [0.25, 0.3) is 0 Å². The minimum atomic E-state index is -0.00395. The van der Waals surface area contributed by atoms with Gasteiger partial charge in [0, 0.05) is 21.5 Å². The zero-order chi connectivity index (χ0) is 14.5. The normalized spacial score (nSPS) is 16.2. The third-order valence-corrected chi connectivity index (χ3v) is 4.43. The summed E-state index contributed by atoms with van der Waals surface area (Å²) >= 11 is 7.25. The van der Waals surface area contributed by atoms with Crippen LogP contribution in [0.5, 0.6) is 11.5 Å². The Morgan fingerprint density at radius 2 is 1.95 bits per heavy atom. The number of halogens is 2. The van der Waals surface area contributed by atoms with Gasteiger partial charge in [-0.15, -0.1) is 0 Å². The number of ether oxygens (including phenoxy) is 3. The Bertz CT molecular complexity index is 449. The molecule has 20 heavy (non-hydrogen) atoms. The molecule has 0 saturated heterocycles. The van der Waals surface area contributed by atoms with Gasteiger partial charge < -0.3 is 14.2 Å². The van der Waals surface area contributed by atoms with Gasteiger partial charge in [-0.2, -0.15) is 0 Å². The Hall–Kier alpha value is -0.260. The summed E-state index contributed by atoms with van der Waals surface area (Å²) in [7, 11) is 0. The van der Waals surface area contributed by atoms with Crippen LogP contribution in [-0.4, -0.2) is 18.2 Å². The SMILES string of the molecule is CCCCCO[C@H](c1cc2c(cc1Br)OCO2)[C@@H](C)Br. The van der Waals surface area contributed by atoms with Gasteiger partial charge in [-0.3, -0.25) is 0 Å². The van der Waals surface area contributed by atoms with Gasteiger partial charge in [0.2, 0.25) is 6.79 Å². The van der Waals surface area contributed by atoms with Crippen molar-refractivity contribution in [2.24, 2.45) is 0 Å². The summed E-state index contributed by atoms with van der Waals surface area (Å²) in [6.07, 6.45) is 3.49. The third-order valence-electron chi connectivity index (χ3n) is 3.26. The van der Waals surface area contributed by atoms with Gasteiger partial charge in [-0.1, -0.05) is 51.6 Å². The van der Waals surface area contributed by atoms with Crippen molar-refractivity contribution < 1.29 is 14.2 Å². The largest absolute Gasteiger partial charge is 0.454 e. The fourth-order valence-corrected chi connectivity index (χ4v) is 3.17. The highest BCUT2D eigenvalue weighted by Gasteiger charge is 2.24. The smallest absolute Gasteiger partial charge is 0.231 e. The molecule has 0 amide bonds. The molecule has 0 saturated carbocycles. The fraction of sp³-hybridized carbons (Fsp3) is 0.600. The highest BCUT2D eigenvalue weighted by molar-refractivity contribution is 9.10. The highest BCUT2D eigenvalue weighted by Crippen LogP contribution is 2.41. The fourth-order valence-electron chi connectivity index (χ4n) is 2.18. The quantitative estimate of drug-likeness (QED) is 0.458. The molecule has 1 aromatic carbocycles. The lowest BCUT2D eigenvalue weighted by molar-refractivity contribution is 0.0519. The molecule has 1 heterocycles. The Kier molecular flexibility index (Phi) is 6.18. The van der Waals surface area contributed by atoms with Crippen molar-refractivity contribution in [3.63, 3.8) is 0 Å². The molecule has 1 aliphatic heterocycles. The molecule has 3 nitrogen and oxygen atoms in total. The van der Waals surface area contributed by atoms with Crippen LogP contribution in [-0.2, 0) is 4.74 Å². The Balaban J connectivity index is 2.12. The van der Waals surface area contributed by atoms with Gasteiger partial charge in [-0.25, -0.2) is 0 Å². The number of hydrogen-bond acceptors (Lipinski definition) is 3. The van der Waals surface area contributed by atoms with Crippen LogP contribution in [0.3, 0.4) is 0 Å². The van der Waals surface area contributed by atoms with E-state index in [9.17, 15) is 0 Å². The van der Waals surface area contributed by atoms with Crippen molar-refractivity contribution in [1.82, 2.24) is 0 Å². The van der Waals surface area contributed by atoms with Gasteiger partial charge in [0.05, 0.1) is 6.10 Å². The first-order chi connectivity index (χ1) is 9.63. The molecule has 2 atom stereocenters. The zero-order valence-corrected chi connectivity index (χ0v) is 15.0. The van der Waals surface area contributed by atoms with Crippen molar-refractivity contribution in [2.75, 3.05) is 13.4 Å². The summed E-state index contributed by atoms with van der Waals surface area (Å²) in [4.78, 5) is 0.223. The van der Waals surface area contributed by atoms with E-state index >= 15 is 0 Å². The second kappa shape index (κ2) is 7.66. The number of benzene rings is 1. The molecule has 0 radical (unpaired) electrons. The minimum absolute atomic E-state index is 0.00395. The molecule has 0 N–H and O–H groups in total. The van der Waals surface area contributed by atoms with Crippen LogP contribution in [0.2, 0.25) is 0 Å². The summed E-state index contributed by atoms with van der Waals surface area (Å²) in [6.45, 7) is 5.35. The van der Waals surface area contributed by atoms with E-state index < -0.39 is 0 Å². The van der Waals surface area contributed by atoms with E-state index in [4.69, 9.17) is 14.2 Å². The van der Waals surface area contributed by atoms with Crippen LogP contribution in [0.1, 0.15) is 44.8 Å². The molecule has 5 heteroatoms. The third kappa shape index (κ3) is 3.89. The molecular formula is C15H20Br2O3. The number of alkyl halides is 1. The van der Waals surface area contributed by atoms with Gasteiger partial charge in [0.15, 0.2) is 11.5 Å². The molecule has 0 fully saturated rings. The maximum atomic E-state index is 6.06. The molecule has 0 unspecified atom stereocenters. The van der Waals surface area contributed by atoms with Crippen LogP contribution < -0.4 is 9.47 Å². The molecule has 0 aliphatic carbocycles. The molecule has 0 bridgehead atoms. The Morgan fingerprint density at radius 1 is 1.25 bits per heavy atom. The zero-order valence-electron chi connectivity index (χ0n) is 11.8. The summed E-state index contributed by atoms with van der Waals surface area (Å²) in [5.41, 5.74) is 1.09. The average Bonchev–Trinajstić information content (AvgIpc) is 2.85. The van der Waals surface area contributed by atoms with E-state index in [2.05, 4.69) is 45.7 Å². The van der Waals surface area contributed by atoms with Crippen molar-refractivity contribution in [3.8, 4) is 11.5 Å². The standard InChI is InChI=1S/C15H20Br2O3/c1-3-4-5-6-18-15(10(2)16)11-7-13-14(8-12(11)17)20-9-19-13/h7-8,10,15H,3-6,9H2,1-2H3/t10-,15+/m1/s1. The number of unbranched alkanes of at least 4 members (excludes halogenated alkanes) is 2. The van der Waals surface area contributed by atoms with E-state index in [0.717, 1.165) is 34.6 Å². The molecule has 1 aromatic rings. The molecule has 1 aliphatic rings. The van der Waals surface area contributed by atoms with Crippen molar-refractivity contribution in [3.05, 3.63) is 22.2 Å². The van der Waals surface area contributed by atoms with Crippen LogP contribution in [0, 0.1) is 0 Å². The van der Waals surface area contributed by atoms with E-state index in [1.165, 1.54) is 12.8 Å². The highest BCUT2D eigenvalue weighted by atomic mass is 79.9. The van der Waals surface area contributed by atoms with Gasteiger partial charge in [0.1, 0.15) is 0 Å². The molecule has 0 aromatic heterocycles. The van der Waals surface area contributed by atoms with Gasteiger partial charge >= 0.3 is 0 Å². The lowest BCUT2D eigenvalue weighted by Gasteiger charge is -2.22. The predicted molar refractivity (Wildman–Crippen MR) is 86.9 cm³/mol. The summed E-state index contributed by atoms with van der Waals surface area (Å²) in [5.74, 6) is 1.58. The summed E-state index contributed by atoms with van der Waals surface area (Å²) < 4.78 is 17.9. The molecule has 112 valence electrons. The van der Waals surface area contributed by atoms with Crippen LogP contribution >= 0.6 is 31.9 Å². The Labute approximate surface area is 137 Å². The van der Waals surface area contributed by atoms with E-state index in [-0.39, 0.29) is 17.7 Å². The van der Waals surface area contributed by atoms with Gasteiger partial charge in [0.25, 0.3) is 0 Å². The number of rotatable bonds is 7. The molecule has 2 rings (SSSR count). The lowest BCUT2D eigenvalue weighted by Crippen LogP contribution is -2.14. The van der Waals surface area contributed by atoms with Crippen LogP contribution in [0.15, 0.2) is 16.6 Å². The maximum Gasteiger partial charge on any atom is 0.231 e. The average molecular weight is 408 g/mol.